The van der Waals surface area contributed by atoms with E-state index in [1.165, 1.54) is 0 Å². The summed E-state index contributed by atoms with van der Waals surface area (Å²) >= 11 is 3.45. The highest BCUT2D eigenvalue weighted by Gasteiger charge is 2.21. The van der Waals surface area contributed by atoms with Crippen LogP contribution in [0, 0.1) is 0 Å². The van der Waals surface area contributed by atoms with Crippen molar-refractivity contribution < 1.29 is 14.3 Å². The molecule has 0 unspecified atom stereocenters. The molecule has 2 amide bonds. The number of anilines is 2. The van der Waals surface area contributed by atoms with Gasteiger partial charge in [0.2, 0.25) is 0 Å². The number of para-hydroxylation sites is 2. The van der Waals surface area contributed by atoms with Gasteiger partial charge in [-0.3, -0.25) is 9.59 Å². The van der Waals surface area contributed by atoms with Crippen LogP contribution in [0.1, 0.15) is 33.2 Å². The number of hydrogen-bond acceptors (Lipinski definition) is 3. The predicted molar refractivity (Wildman–Crippen MR) is 148 cm³/mol. The Morgan fingerprint density at radius 3 is 2.22 bits per heavy atom. The van der Waals surface area contributed by atoms with E-state index in [2.05, 4.69) is 21.2 Å². The lowest BCUT2D eigenvalue weighted by molar-refractivity contribution is 0.0989. The van der Waals surface area contributed by atoms with Crippen molar-refractivity contribution in [2.75, 3.05) is 23.4 Å². The zero-order valence-corrected chi connectivity index (χ0v) is 21.6. The number of benzene rings is 4. The summed E-state index contributed by atoms with van der Waals surface area (Å²) in [6.45, 7) is 2.85. The Morgan fingerprint density at radius 1 is 0.833 bits per heavy atom. The minimum Gasteiger partial charge on any atom is -0.492 e. The molecule has 4 aromatic carbocycles. The number of nitrogens with zero attached hydrogens (tertiary/aromatic N) is 1. The van der Waals surface area contributed by atoms with Gasteiger partial charge in [0.1, 0.15) is 5.75 Å². The van der Waals surface area contributed by atoms with Crippen LogP contribution in [-0.2, 0) is 6.42 Å². The number of halogens is 1. The first-order valence-electron chi connectivity index (χ1n) is 11.8. The molecule has 0 heterocycles. The Bertz CT molecular complexity index is 1330. The molecule has 0 saturated heterocycles. The van der Waals surface area contributed by atoms with Crippen molar-refractivity contribution >= 4 is 39.1 Å². The number of amides is 2. The molecular formula is C30H27BrN2O3. The van der Waals surface area contributed by atoms with Gasteiger partial charge in [0, 0.05) is 23.1 Å². The quantitative estimate of drug-likeness (QED) is 0.248. The van der Waals surface area contributed by atoms with E-state index in [0.29, 0.717) is 35.7 Å². The third-order valence-electron chi connectivity index (χ3n) is 5.71. The molecule has 0 aliphatic rings. The molecule has 5 nitrogen and oxygen atoms in total. The van der Waals surface area contributed by atoms with Crippen molar-refractivity contribution in [2.45, 2.75) is 13.3 Å². The molecule has 0 radical (unpaired) electrons. The van der Waals surface area contributed by atoms with E-state index >= 15 is 0 Å². The second kappa shape index (κ2) is 12.2. The molecule has 0 saturated carbocycles. The van der Waals surface area contributed by atoms with Crippen LogP contribution in [0.15, 0.2) is 108 Å². The van der Waals surface area contributed by atoms with Gasteiger partial charge in [-0.25, -0.2) is 0 Å². The van der Waals surface area contributed by atoms with Crippen LogP contribution >= 0.6 is 15.9 Å². The smallest absolute Gasteiger partial charge is 0.260 e. The predicted octanol–water partition coefficient (Wildman–Crippen LogP) is 6.99. The first kappa shape index (κ1) is 25.2. The summed E-state index contributed by atoms with van der Waals surface area (Å²) in [6.07, 6.45) is 0.724. The molecule has 0 aromatic heterocycles. The highest BCUT2D eigenvalue weighted by molar-refractivity contribution is 9.10. The third-order valence-corrected chi connectivity index (χ3v) is 6.21. The number of carbonyl (C=O) groups is 2. The van der Waals surface area contributed by atoms with Crippen molar-refractivity contribution in [3.05, 3.63) is 124 Å². The maximum absolute atomic E-state index is 13.5. The lowest BCUT2D eigenvalue weighted by Crippen LogP contribution is -2.31. The minimum absolute atomic E-state index is 0.187. The van der Waals surface area contributed by atoms with Crippen molar-refractivity contribution in [2.24, 2.45) is 0 Å². The Hall–Kier alpha value is -3.90. The summed E-state index contributed by atoms with van der Waals surface area (Å²) in [7, 11) is 0. The summed E-state index contributed by atoms with van der Waals surface area (Å²) in [5, 5.41) is 2.93. The molecule has 0 aliphatic heterocycles. The second-order valence-electron chi connectivity index (χ2n) is 8.11. The van der Waals surface area contributed by atoms with Crippen LogP contribution < -0.4 is 15.0 Å². The standard InChI is InChI=1S/C30H27BrN2O3/c1-2-33(24-13-7-4-8-14-24)30(35)25-15-9-10-16-27(25)32-29(34)26-21-23(31)17-18-28(26)36-20-19-22-11-5-3-6-12-22/h3-18,21H,2,19-20H2,1H3,(H,32,34). The minimum atomic E-state index is -0.353. The van der Waals surface area contributed by atoms with E-state index in [1.807, 2.05) is 73.7 Å². The van der Waals surface area contributed by atoms with Crippen LogP contribution in [0.3, 0.4) is 0 Å². The number of hydrogen-bond donors (Lipinski definition) is 1. The van der Waals surface area contributed by atoms with Gasteiger partial charge in [-0.2, -0.15) is 0 Å². The molecule has 4 aromatic rings. The van der Waals surface area contributed by atoms with Crippen LogP contribution in [-0.4, -0.2) is 25.0 Å². The van der Waals surface area contributed by atoms with Gasteiger partial charge in [0.25, 0.3) is 11.8 Å². The number of carbonyl (C=O) groups excluding carboxylic acids is 2. The highest BCUT2D eigenvalue weighted by Crippen LogP contribution is 2.27. The largest absolute Gasteiger partial charge is 0.492 e. The van der Waals surface area contributed by atoms with Crippen LogP contribution in [0.2, 0.25) is 0 Å². The Morgan fingerprint density at radius 2 is 1.50 bits per heavy atom. The summed E-state index contributed by atoms with van der Waals surface area (Å²) in [5.74, 6) is -0.0582. The monoisotopic (exact) mass is 542 g/mol. The maximum atomic E-state index is 13.5. The molecule has 36 heavy (non-hydrogen) atoms. The van der Waals surface area contributed by atoms with Gasteiger partial charge in [-0.05, 0) is 55.0 Å². The third kappa shape index (κ3) is 6.20. The summed E-state index contributed by atoms with van der Waals surface area (Å²) < 4.78 is 6.75. The molecular weight excluding hydrogens is 516 g/mol. The second-order valence-corrected chi connectivity index (χ2v) is 9.02. The summed E-state index contributed by atoms with van der Waals surface area (Å²) in [5.41, 5.74) is 3.20. The zero-order chi connectivity index (χ0) is 25.3. The fourth-order valence-electron chi connectivity index (χ4n) is 3.89. The number of ether oxygens (including phenoxy) is 1. The molecule has 182 valence electrons. The maximum Gasteiger partial charge on any atom is 0.260 e. The van der Waals surface area contributed by atoms with E-state index in [1.54, 1.807) is 41.3 Å². The average molecular weight is 543 g/mol. The molecule has 6 heteroatoms. The molecule has 0 aliphatic carbocycles. The SMILES string of the molecule is CCN(C(=O)c1ccccc1NC(=O)c1cc(Br)ccc1OCCc1ccccc1)c1ccccc1. The van der Waals surface area contributed by atoms with E-state index in [-0.39, 0.29) is 11.8 Å². The van der Waals surface area contributed by atoms with Gasteiger partial charge < -0.3 is 15.0 Å². The van der Waals surface area contributed by atoms with Crippen molar-refractivity contribution in [3.8, 4) is 5.75 Å². The molecule has 0 atom stereocenters. The lowest BCUT2D eigenvalue weighted by atomic mass is 10.1. The molecule has 0 bridgehead atoms. The van der Waals surface area contributed by atoms with Gasteiger partial charge in [0.05, 0.1) is 23.4 Å². The first-order chi connectivity index (χ1) is 17.6. The molecule has 4 rings (SSSR count). The summed E-state index contributed by atoms with van der Waals surface area (Å²) in [4.78, 5) is 28.5. The first-order valence-corrected chi connectivity index (χ1v) is 12.6. The fourth-order valence-corrected chi connectivity index (χ4v) is 4.26. The number of nitrogens with one attached hydrogen (secondary N) is 1. The Labute approximate surface area is 219 Å². The Balaban J connectivity index is 1.54. The fraction of sp³-hybridized carbons (Fsp3) is 0.133. The number of rotatable bonds is 9. The van der Waals surface area contributed by atoms with Crippen molar-refractivity contribution in [3.63, 3.8) is 0 Å². The zero-order valence-electron chi connectivity index (χ0n) is 20.0. The van der Waals surface area contributed by atoms with Crippen LogP contribution in [0.4, 0.5) is 11.4 Å². The molecule has 1 N–H and O–H groups in total. The topological polar surface area (TPSA) is 58.6 Å². The van der Waals surface area contributed by atoms with Gasteiger partial charge in [-0.1, -0.05) is 76.6 Å². The normalized spacial score (nSPS) is 10.5. The van der Waals surface area contributed by atoms with Gasteiger partial charge in [0.15, 0.2) is 0 Å². The van der Waals surface area contributed by atoms with Crippen molar-refractivity contribution in [1.29, 1.82) is 0 Å². The van der Waals surface area contributed by atoms with Crippen molar-refractivity contribution in [1.82, 2.24) is 0 Å². The Kier molecular flexibility index (Phi) is 8.53. The molecule has 0 spiro atoms. The van der Waals surface area contributed by atoms with E-state index in [4.69, 9.17) is 4.74 Å². The average Bonchev–Trinajstić information content (AvgIpc) is 2.91. The van der Waals surface area contributed by atoms with Gasteiger partial charge >= 0.3 is 0 Å². The van der Waals surface area contributed by atoms with Crippen LogP contribution in [0.25, 0.3) is 0 Å². The van der Waals surface area contributed by atoms with E-state index in [9.17, 15) is 9.59 Å². The highest BCUT2D eigenvalue weighted by atomic mass is 79.9. The lowest BCUT2D eigenvalue weighted by Gasteiger charge is -2.22. The van der Waals surface area contributed by atoms with E-state index in [0.717, 1.165) is 22.1 Å². The summed E-state index contributed by atoms with van der Waals surface area (Å²) in [6, 6.07) is 31.9. The van der Waals surface area contributed by atoms with Gasteiger partial charge in [-0.15, -0.1) is 0 Å². The van der Waals surface area contributed by atoms with Crippen LogP contribution in [0.5, 0.6) is 5.75 Å². The molecule has 0 fully saturated rings. The van der Waals surface area contributed by atoms with E-state index < -0.39 is 0 Å².